The fourth-order valence-corrected chi connectivity index (χ4v) is 10.8. The summed E-state index contributed by atoms with van der Waals surface area (Å²) >= 11 is 0. The van der Waals surface area contributed by atoms with Crippen molar-refractivity contribution in [3.63, 3.8) is 0 Å². The Labute approximate surface area is 324 Å². The van der Waals surface area contributed by atoms with E-state index in [9.17, 15) is 27.6 Å². The lowest BCUT2D eigenvalue weighted by Crippen LogP contribution is -2.67. The van der Waals surface area contributed by atoms with Crippen LogP contribution in [-0.4, -0.2) is 89.6 Å². The predicted octanol–water partition coefficient (Wildman–Crippen LogP) is 5.33. The van der Waals surface area contributed by atoms with Crippen molar-refractivity contribution in [2.75, 3.05) is 12.3 Å². The monoisotopic (exact) mass is 775 g/mol. The number of nitrogens with one attached hydrogen (secondary N) is 4. The minimum Gasteiger partial charge on any atom is -0.347 e. The van der Waals surface area contributed by atoms with Crippen LogP contribution in [0.25, 0.3) is 0 Å². The lowest BCUT2D eigenvalue weighted by molar-refractivity contribution is -0.152. The number of sulfone groups is 1. The second kappa shape index (κ2) is 16.4. The summed E-state index contributed by atoms with van der Waals surface area (Å²) in [6.45, 7) is 13.9. The molecule has 12 nitrogen and oxygen atoms in total. The van der Waals surface area contributed by atoms with Crippen molar-refractivity contribution in [3.8, 4) is 0 Å². The maximum atomic E-state index is 15.1. The minimum atomic E-state index is -3.58. The first-order valence-electron chi connectivity index (χ1n) is 21.0. The van der Waals surface area contributed by atoms with E-state index in [1.165, 1.54) is 0 Å². The van der Waals surface area contributed by atoms with Crippen LogP contribution < -0.4 is 21.3 Å². The molecule has 0 bridgehead atoms. The number of hydrogen-bond donors (Lipinski definition) is 4. The Balaban J connectivity index is 1.41. The molecule has 0 spiro atoms. The van der Waals surface area contributed by atoms with Crippen molar-refractivity contribution in [2.24, 2.45) is 22.7 Å². The van der Waals surface area contributed by atoms with E-state index in [0.29, 0.717) is 44.9 Å². The summed E-state index contributed by atoms with van der Waals surface area (Å²) < 4.78 is 26.5. The third kappa shape index (κ3) is 9.99. The van der Waals surface area contributed by atoms with Gasteiger partial charge in [0.05, 0.1) is 22.1 Å². The summed E-state index contributed by atoms with van der Waals surface area (Å²) in [5.74, 6) is -1.97. The highest BCUT2D eigenvalue weighted by Crippen LogP contribution is 2.43. The Bertz CT molecular complexity index is 1520. The van der Waals surface area contributed by atoms with Crippen LogP contribution in [0.1, 0.15) is 158 Å². The van der Waals surface area contributed by atoms with Crippen molar-refractivity contribution >= 4 is 39.4 Å². The maximum Gasteiger partial charge on any atom is 0.315 e. The van der Waals surface area contributed by atoms with Crippen molar-refractivity contribution < 1.29 is 32.4 Å². The van der Waals surface area contributed by atoms with Crippen LogP contribution in [-0.2, 0) is 29.0 Å². The van der Waals surface area contributed by atoms with E-state index in [1.54, 1.807) is 18.7 Å². The molecule has 0 aromatic carbocycles. The molecule has 0 aromatic rings. The highest BCUT2D eigenvalue weighted by Gasteiger charge is 2.51. The first-order valence-corrected chi connectivity index (χ1v) is 22.6. The van der Waals surface area contributed by atoms with Crippen LogP contribution in [0.3, 0.4) is 0 Å². The van der Waals surface area contributed by atoms with Crippen LogP contribution in [0.5, 0.6) is 0 Å². The molecule has 306 valence electrons. The maximum absolute atomic E-state index is 15.1. The van der Waals surface area contributed by atoms with Crippen LogP contribution in [0.15, 0.2) is 0 Å². The molecule has 5 rings (SSSR count). The molecule has 4 N–H and O–H groups in total. The van der Waals surface area contributed by atoms with Gasteiger partial charge in [-0.3, -0.25) is 19.2 Å². The van der Waals surface area contributed by atoms with Gasteiger partial charge in [-0.1, -0.05) is 86.0 Å². The molecule has 0 aromatic heterocycles. The molecule has 4 atom stereocenters. The van der Waals surface area contributed by atoms with Crippen molar-refractivity contribution in [3.05, 3.63) is 0 Å². The predicted molar refractivity (Wildman–Crippen MR) is 209 cm³/mol. The number of amides is 5. The number of Topliss-reactive ketones (excluding diaryl/α,β-unsaturated/α-hetero) is 1. The normalized spacial score (nSPS) is 26.5. The SMILES string of the molecule is CCC(C)(C)S(=O)(=O)CC1(NC(=O)N[C@H](C(=O)N2CC(C)C(C)(C)C[C@H]2C(=O)NC(CC2CC2)C(=O)C(=O)NC2CC2)C2(C)CCCCC2)CCCCC1. The smallest absolute Gasteiger partial charge is 0.315 e. The summed E-state index contributed by atoms with van der Waals surface area (Å²) in [6, 6.07) is -3.39. The van der Waals surface area contributed by atoms with E-state index < -0.39 is 67.3 Å². The standard InChI is InChI=1S/C41H69N5O7S/c1-8-39(5,6)54(52,53)26-41(21-13-10-14-22-41)45-37(51)44-33(40(7)19-11-9-12-20-40)36(50)46-25-27(2)38(3,4)24-31(46)34(48)43-30(23-28-15-16-28)32(47)35(49)42-29-17-18-29/h27-31,33H,8-26H2,1-7H3,(H,42,49)(H,43,48)(H2,44,45,51)/t27?,30?,31-,33+/m0/s1. The third-order valence-corrected chi connectivity index (χ3v) is 17.0. The summed E-state index contributed by atoms with van der Waals surface area (Å²) in [7, 11) is -3.58. The van der Waals surface area contributed by atoms with Gasteiger partial charge in [0.15, 0.2) is 9.84 Å². The van der Waals surface area contributed by atoms with E-state index in [2.05, 4.69) is 42.0 Å². The Morgan fingerprint density at radius 1 is 0.852 bits per heavy atom. The molecular formula is C41H69N5O7S. The largest absolute Gasteiger partial charge is 0.347 e. The molecule has 13 heteroatoms. The number of nitrogens with zero attached hydrogens (tertiary/aromatic N) is 1. The Hall–Kier alpha value is -2.70. The quantitative estimate of drug-likeness (QED) is 0.163. The van der Waals surface area contributed by atoms with Crippen LogP contribution in [0.4, 0.5) is 4.79 Å². The van der Waals surface area contributed by atoms with E-state index in [0.717, 1.165) is 64.2 Å². The number of piperidine rings is 1. The van der Waals surface area contributed by atoms with Crippen LogP contribution >= 0.6 is 0 Å². The van der Waals surface area contributed by atoms with Gasteiger partial charge >= 0.3 is 6.03 Å². The van der Waals surface area contributed by atoms with E-state index in [4.69, 9.17) is 0 Å². The molecule has 4 saturated carbocycles. The number of hydrogen-bond acceptors (Lipinski definition) is 7. The summed E-state index contributed by atoms with van der Waals surface area (Å²) in [5, 5.41) is 11.9. The van der Waals surface area contributed by atoms with Crippen molar-refractivity contribution in [2.45, 2.75) is 192 Å². The molecule has 4 aliphatic carbocycles. The Morgan fingerprint density at radius 2 is 1.44 bits per heavy atom. The van der Waals surface area contributed by atoms with Gasteiger partial charge in [0.1, 0.15) is 12.1 Å². The van der Waals surface area contributed by atoms with Gasteiger partial charge in [-0.2, -0.15) is 0 Å². The number of urea groups is 1. The van der Waals surface area contributed by atoms with Crippen LogP contribution in [0, 0.1) is 22.7 Å². The lowest BCUT2D eigenvalue weighted by Gasteiger charge is -2.50. The minimum absolute atomic E-state index is 0.0100. The van der Waals surface area contributed by atoms with Gasteiger partial charge in [-0.05, 0) is 94.3 Å². The van der Waals surface area contributed by atoms with Gasteiger partial charge in [0.25, 0.3) is 5.91 Å². The second-order valence-electron chi connectivity index (χ2n) is 19.4. The average molecular weight is 776 g/mol. The molecule has 0 radical (unpaired) electrons. The van der Waals surface area contributed by atoms with Gasteiger partial charge in [0, 0.05) is 12.6 Å². The number of carbonyl (C=O) groups excluding carboxylic acids is 5. The molecule has 2 unspecified atom stereocenters. The fraction of sp³-hybridized carbons (Fsp3) is 0.878. The average Bonchev–Trinajstić information content (AvgIpc) is 4.05. The Kier molecular flexibility index (Phi) is 12.9. The first kappa shape index (κ1) is 42.4. The molecular weight excluding hydrogens is 707 g/mol. The highest BCUT2D eigenvalue weighted by atomic mass is 32.2. The molecule has 1 aliphatic heterocycles. The zero-order chi connectivity index (χ0) is 39.7. The number of ketones is 1. The molecule has 1 heterocycles. The van der Waals surface area contributed by atoms with Crippen molar-refractivity contribution in [1.82, 2.24) is 26.2 Å². The summed E-state index contributed by atoms with van der Waals surface area (Å²) in [6.07, 6.45) is 12.7. The summed E-state index contributed by atoms with van der Waals surface area (Å²) in [5.41, 5.74) is -1.85. The zero-order valence-electron chi connectivity index (χ0n) is 34.1. The molecule has 5 aliphatic rings. The molecule has 1 saturated heterocycles. The second-order valence-corrected chi connectivity index (χ2v) is 22.0. The summed E-state index contributed by atoms with van der Waals surface area (Å²) in [4.78, 5) is 71.6. The van der Waals surface area contributed by atoms with Gasteiger partial charge in [-0.25, -0.2) is 13.2 Å². The molecule has 54 heavy (non-hydrogen) atoms. The zero-order valence-corrected chi connectivity index (χ0v) is 34.9. The number of likely N-dealkylation sites (tertiary alicyclic amines) is 1. The van der Waals surface area contributed by atoms with Gasteiger partial charge < -0.3 is 26.2 Å². The van der Waals surface area contributed by atoms with Gasteiger partial charge in [-0.15, -0.1) is 0 Å². The van der Waals surface area contributed by atoms with E-state index in [-0.39, 0.29) is 41.5 Å². The van der Waals surface area contributed by atoms with E-state index >= 15 is 4.79 Å². The van der Waals surface area contributed by atoms with Crippen molar-refractivity contribution in [1.29, 1.82) is 0 Å². The third-order valence-electron chi connectivity index (χ3n) is 14.1. The lowest BCUT2D eigenvalue weighted by atomic mass is 9.68. The first-order chi connectivity index (χ1) is 25.2. The Morgan fingerprint density at radius 3 is 2.00 bits per heavy atom. The van der Waals surface area contributed by atoms with E-state index in [1.807, 2.05) is 13.8 Å². The fourth-order valence-electron chi connectivity index (χ4n) is 8.85. The highest BCUT2D eigenvalue weighted by molar-refractivity contribution is 7.92. The number of rotatable bonds is 15. The topological polar surface area (TPSA) is 171 Å². The molecule has 5 fully saturated rings. The number of carbonyl (C=O) groups is 5. The van der Waals surface area contributed by atoms with Crippen LogP contribution in [0.2, 0.25) is 0 Å². The molecule has 5 amide bonds. The van der Waals surface area contributed by atoms with Gasteiger partial charge in [0.2, 0.25) is 17.6 Å².